The molecule has 7 heteroatoms. The Morgan fingerprint density at radius 1 is 1.30 bits per heavy atom. The molecule has 0 bridgehead atoms. The molecule has 2 aromatic rings. The second kappa shape index (κ2) is 8.57. The van der Waals surface area contributed by atoms with E-state index in [0.717, 1.165) is 17.7 Å². The normalized spacial score (nSPS) is 12.0. The van der Waals surface area contributed by atoms with E-state index in [4.69, 9.17) is 9.15 Å². The fourth-order valence-electron chi connectivity index (χ4n) is 1.83. The van der Waals surface area contributed by atoms with Crippen LogP contribution in [0.3, 0.4) is 0 Å². The van der Waals surface area contributed by atoms with Gasteiger partial charge in [-0.25, -0.2) is 0 Å². The van der Waals surface area contributed by atoms with E-state index >= 15 is 0 Å². The third-order valence-corrected chi connectivity index (χ3v) is 3.95. The summed E-state index contributed by atoms with van der Waals surface area (Å²) in [4.78, 5) is 11.8. The standard InChI is InChI=1S/C16H21N3O3S/c1-4-10-17-14(20)11(3)23-16-19-18-15(22-16)12-6-8-13(9-7-12)21-5-2/h6-9,11H,4-5,10H2,1-3H3,(H,17,20)/t11-/m1/s1. The maximum Gasteiger partial charge on any atom is 0.277 e. The molecule has 0 unspecified atom stereocenters. The van der Waals surface area contributed by atoms with Crippen LogP contribution < -0.4 is 10.1 Å². The van der Waals surface area contributed by atoms with Crippen molar-refractivity contribution in [1.29, 1.82) is 0 Å². The van der Waals surface area contributed by atoms with E-state index in [2.05, 4.69) is 15.5 Å². The summed E-state index contributed by atoms with van der Waals surface area (Å²) in [5.41, 5.74) is 0.816. The molecule has 0 saturated carbocycles. The van der Waals surface area contributed by atoms with Crippen LogP contribution in [0.4, 0.5) is 0 Å². The van der Waals surface area contributed by atoms with Gasteiger partial charge in [0.2, 0.25) is 11.8 Å². The van der Waals surface area contributed by atoms with E-state index in [1.807, 2.05) is 45.0 Å². The highest BCUT2D eigenvalue weighted by Crippen LogP contribution is 2.27. The Morgan fingerprint density at radius 3 is 2.70 bits per heavy atom. The maximum atomic E-state index is 11.8. The van der Waals surface area contributed by atoms with Gasteiger partial charge in [0.05, 0.1) is 11.9 Å². The van der Waals surface area contributed by atoms with Crippen LogP contribution in [-0.4, -0.2) is 34.5 Å². The monoisotopic (exact) mass is 335 g/mol. The van der Waals surface area contributed by atoms with Crippen molar-refractivity contribution in [2.24, 2.45) is 0 Å². The lowest BCUT2D eigenvalue weighted by Crippen LogP contribution is -2.31. The Bertz CT molecular complexity index is 628. The molecule has 1 aromatic carbocycles. The number of nitrogens with zero attached hydrogens (tertiary/aromatic N) is 2. The second-order valence-electron chi connectivity index (χ2n) is 4.88. The molecule has 124 valence electrons. The molecule has 6 nitrogen and oxygen atoms in total. The van der Waals surface area contributed by atoms with Gasteiger partial charge in [-0.05, 0) is 44.5 Å². The zero-order valence-corrected chi connectivity index (χ0v) is 14.4. The van der Waals surface area contributed by atoms with E-state index in [1.165, 1.54) is 11.8 Å². The molecule has 0 radical (unpaired) electrons. The summed E-state index contributed by atoms with van der Waals surface area (Å²) >= 11 is 1.25. The van der Waals surface area contributed by atoms with Crippen LogP contribution in [-0.2, 0) is 4.79 Å². The maximum absolute atomic E-state index is 11.8. The van der Waals surface area contributed by atoms with E-state index in [0.29, 0.717) is 24.3 Å². The molecule has 1 N–H and O–H groups in total. The number of benzene rings is 1. The average molecular weight is 335 g/mol. The quantitative estimate of drug-likeness (QED) is 0.747. The van der Waals surface area contributed by atoms with Gasteiger partial charge in [0, 0.05) is 12.1 Å². The summed E-state index contributed by atoms with van der Waals surface area (Å²) in [5.74, 6) is 1.20. The second-order valence-corrected chi connectivity index (χ2v) is 6.17. The summed E-state index contributed by atoms with van der Waals surface area (Å²) in [5, 5.41) is 11.0. The number of carbonyl (C=O) groups excluding carboxylic acids is 1. The van der Waals surface area contributed by atoms with E-state index < -0.39 is 0 Å². The van der Waals surface area contributed by atoms with Crippen molar-refractivity contribution in [3.05, 3.63) is 24.3 Å². The van der Waals surface area contributed by atoms with Crippen LogP contribution in [0.15, 0.2) is 33.9 Å². The Kier molecular flexibility index (Phi) is 6.46. The minimum Gasteiger partial charge on any atom is -0.494 e. The summed E-state index contributed by atoms with van der Waals surface area (Å²) in [6.45, 7) is 7.06. The van der Waals surface area contributed by atoms with Crippen molar-refractivity contribution in [3.8, 4) is 17.2 Å². The number of hydrogen-bond acceptors (Lipinski definition) is 6. The third-order valence-electron chi connectivity index (χ3n) is 3.01. The van der Waals surface area contributed by atoms with Gasteiger partial charge in [-0.15, -0.1) is 10.2 Å². The number of aromatic nitrogens is 2. The highest BCUT2D eigenvalue weighted by atomic mass is 32.2. The minimum absolute atomic E-state index is 0.0299. The first-order valence-electron chi connectivity index (χ1n) is 7.65. The number of nitrogens with one attached hydrogen (secondary N) is 1. The summed E-state index contributed by atoms with van der Waals surface area (Å²) in [6, 6.07) is 7.45. The number of hydrogen-bond donors (Lipinski definition) is 1. The number of thioether (sulfide) groups is 1. The van der Waals surface area contributed by atoms with Gasteiger partial charge in [-0.1, -0.05) is 18.7 Å². The Hall–Kier alpha value is -2.02. The summed E-state index contributed by atoms with van der Waals surface area (Å²) in [7, 11) is 0. The Labute approximate surface area is 140 Å². The molecule has 1 amide bonds. The number of ether oxygens (including phenoxy) is 1. The van der Waals surface area contributed by atoms with Crippen LogP contribution >= 0.6 is 11.8 Å². The van der Waals surface area contributed by atoms with Gasteiger partial charge in [0.1, 0.15) is 5.75 Å². The van der Waals surface area contributed by atoms with E-state index in [1.54, 1.807) is 0 Å². The smallest absolute Gasteiger partial charge is 0.277 e. The lowest BCUT2D eigenvalue weighted by molar-refractivity contribution is -0.120. The Balaban J connectivity index is 1.98. The first kappa shape index (κ1) is 17.3. The zero-order valence-electron chi connectivity index (χ0n) is 13.5. The molecule has 23 heavy (non-hydrogen) atoms. The molecular formula is C16H21N3O3S. The van der Waals surface area contributed by atoms with Crippen LogP contribution in [0.1, 0.15) is 27.2 Å². The van der Waals surface area contributed by atoms with E-state index in [-0.39, 0.29) is 11.2 Å². The van der Waals surface area contributed by atoms with Crippen molar-refractivity contribution in [2.45, 2.75) is 37.7 Å². The summed E-state index contributed by atoms with van der Waals surface area (Å²) in [6.07, 6.45) is 0.908. The highest BCUT2D eigenvalue weighted by molar-refractivity contribution is 8.00. The predicted molar refractivity (Wildman–Crippen MR) is 89.5 cm³/mol. The SMILES string of the molecule is CCCNC(=O)[C@@H](C)Sc1nnc(-c2ccc(OCC)cc2)o1. The number of amides is 1. The molecular weight excluding hydrogens is 314 g/mol. The van der Waals surface area contributed by atoms with Crippen molar-refractivity contribution >= 4 is 17.7 Å². The minimum atomic E-state index is -0.282. The molecule has 0 fully saturated rings. The van der Waals surface area contributed by atoms with Gasteiger partial charge >= 0.3 is 0 Å². The number of rotatable bonds is 8. The van der Waals surface area contributed by atoms with Gasteiger partial charge in [-0.2, -0.15) is 0 Å². The summed E-state index contributed by atoms with van der Waals surface area (Å²) < 4.78 is 11.0. The molecule has 1 aromatic heterocycles. The first-order valence-corrected chi connectivity index (χ1v) is 8.53. The molecule has 2 rings (SSSR count). The van der Waals surface area contributed by atoms with Gasteiger partial charge in [-0.3, -0.25) is 4.79 Å². The molecule has 0 saturated heterocycles. The molecule has 0 aliphatic carbocycles. The molecule has 0 spiro atoms. The van der Waals surface area contributed by atoms with Crippen LogP contribution in [0, 0.1) is 0 Å². The van der Waals surface area contributed by atoms with Crippen LogP contribution in [0.25, 0.3) is 11.5 Å². The average Bonchev–Trinajstić information content (AvgIpc) is 3.02. The van der Waals surface area contributed by atoms with Crippen molar-refractivity contribution in [1.82, 2.24) is 15.5 Å². The van der Waals surface area contributed by atoms with Crippen molar-refractivity contribution in [2.75, 3.05) is 13.2 Å². The lowest BCUT2D eigenvalue weighted by atomic mass is 10.2. The molecule has 0 aliphatic rings. The van der Waals surface area contributed by atoms with Gasteiger partial charge in [0.25, 0.3) is 5.22 Å². The van der Waals surface area contributed by atoms with Gasteiger partial charge < -0.3 is 14.5 Å². The van der Waals surface area contributed by atoms with Crippen molar-refractivity contribution < 1.29 is 13.9 Å². The predicted octanol–water partition coefficient (Wildman–Crippen LogP) is 3.14. The van der Waals surface area contributed by atoms with Crippen LogP contribution in [0.2, 0.25) is 0 Å². The largest absolute Gasteiger partial charge is 0.494 e. The van der Waals surface area contributed by atoms with Crippen molar-refractivity contribution in [3.63, 3.8) is 0 Å². The van der Waals surface area contributed by atoms with Crippen LogP contribution in [0.5, 0.6) is 5.75 Å². The first-order chi connectivity index (χ1) is 11.1. The highest BCUT2D eigenvalue weighted by Gasteiger charge is 2.18. The van der Waals surface area contributed by atoms with E-state index in [9.17, 15) is 4.79 Å². The number of carbonyl (C=O) groups is 1. The topological polar surface area (TPSA) is 77.2 Å². The molecule has 1 heterocycles. The van der Waals surface area contributed by atoms with Gasteiger partial charge in [0.15, 0.2) is 0 Å². The molecule has 1 atom stereocenters. The fraction of sp³-hybridized carbons (Fsp3) is 0.438. The fourth-order valence-corrected chi connectivity index (χ4v) is 2.54. The lowest BCUT2D eigenvalue weighted by Gasteiger charge is -2.08. The Morgan fingerprint density at radius 2 is 2.04 bits per heavy atom. The third kappa shape index (κ3) is 4.99. The zero-order chi connectivity index (χ0) is 16.7. The molecule has 0 aliphatic heterocycles.